The second-order valence-corrected chi connectivity index (χ2v) is 4.59. The number of carbonyl (C=O) groups excluding carboxylic acids is 1. The molecule has 0 bridgehead atoms. The summed E-state index contributed by atoms with van der Waals surface area (Å²) < 4.78 is 0. The minimum Gasteiger partial charge on any atom is -0.385 e. The number of benzene rings is 1. The van der Waals surface area contributed by atoms with E-state index in [0.717, 1.165) is 30.8 Å². The lowest BCUT2D eigenvalue weighted by atomic mass is 10.0. The van der Waals surface area contributed by atoms with E-state index < -0.39 is 0 Å². The Hall–Kier alpha value is -2.36. The number of amides is 1. The van der Waals surface area contributed by atoms with E-state index in [1.54, 1.807) is 24.5 Å². The van der Waals surface area contributed by atoms with Crippen molar-refractivity contribution in [3.05, 3.63) is 53.9 Å². The molecule has 0 fully saturated rings. The summed E-state index contributed by atoms with van der Waals surface area (Å²) in [5.74, 6) is -0.0837. The Labute approximate surface area is 111 Å². The van der Waals surface area contributed by atoms with Crippen LogP contribution in [0.2, 0.25) is 0 Å². The van der Waals surface area contributed by atoms with Gasteiger partial charge in [0.25, 0.3) is 5.91 Å². The Morgan fingerprint density at radius 1 is 1.21 bits per heavy atom. The molecule has 1 aromatic heterocycles. The second-order valence-electron chi connectivity index (χ2n) is 4.59. The van der Waals surface area contributed by atoms with Gasteiger partial charge in [0.2, 0.25) is 0 Å². The van der Waals surface area contributed by atoms with Gasteiger partial charge in [-0.2, -0.15) is 0 Å². The average Bonchev–Trinajstić information content (AvgIpc) is 2.48. The molecule has 0 saturated carbocycles. The van der Waals surface area contributed by atoms with E-state index >= 15 is 0 Å². The molecule has 0 unspecified atom stereocenters. The molecule has 1 aliphatic rings. The van der Waals surface area contributed by atoms with Gasteiger partial charge in [-0.25, -0.2) is 0 Å². The van der Waals surface area contributed by atoms with Crippen LogP contribution in [0.3, 0.4) is 0 Å². The number of aromatic nitrogens is 1. The van der Waals surface area contributed by atoms with Crippen molar-refractivity contribution in [2.24, 2.45) is 0 Å². The third kappa shape index (κ3) is 2.57. The quantitative estimate of drug-likeness (QED) is 0.865. The molecule has 2 N–H and O–H groups in total. The van der Waals surface area contributed by atoms with Crippen LogP contribution in [0.5, 0.6) is 0 Å². The van der Waals surface area contributed by atoms with Gasteiger partial charge in [-0.15, -0.1) is 0 Å². The molecule has 4 heteroatoms. The molecule has 1 amide bonds. The summed E-state index contributed by atoms with van der Waals surface area (Å²) in [7, 11) is 0. The lowest BCUT2D eigenvalue weighted by Gasteiger charge is -2.18. The highest BCUT2D eigenvalue weighted by atomic mass is 16.1. The molecule has 4 nitrogen and oxygen atoms in total. The predicted molar refractivity (Wildman–Crippen MR) is 75.4 cm³/mol. The van der Waals surface area contributed by atoms with Crippen LogP contribution in [0, 0.1) is 0 Å². The first-order chi connectivity index (χ1) is 9.33. The monoisotopic (exact) mass is 253 g/mol. The fraction of sp³-hybridized carbons (Fsp3) is 0.200. The van der Waals surface area contributed by atoms with Crippen molar-refractivity contribution in [1.29, 1.82) is 0 Å². The summed E-state index contributed by atoms with van der Waals surface area (Å²) in [6.45, 7) is 1.01. The molecule has 2 heterocycles. The van der Waals surface area contributed by atoms with Crippen molar-refractivity contribution in [2.45, 2.75) is 12.8 Å². The molecule has 19 heavy (non-hydrogen) atoms. The van der Waals surface area contributed by atoms with E-state index in [9.17, 15) is 4.79 Å². The maximum Gasteiger partial charge on any atom is 0.255 e. The molecule has 1 aliphatic heterocycles. The highest BCUT2D eigenvalue weighted by molar-refractivity contribution is 6.04. The molecule has 3 rings (SSSR count). The smallest absolute Gasteiger partial charge is 0.255 e. The van der Waals surface area contributed by atoms with Crippen molar-refractivity contribution in [1.82, 2.24) is 4.98 Å². The zero-order valence-corrected chi connectivity index (χ0v) is 10.5. The zero-order valence-electron chi connectivity index (χ0n) is 10.5. The fourth-order valence-corrected chi connectivity index (χ4v) is 2.25. The Bertz CT molecular complexity index is 596. The summed E-state index contributed by atoms with van der Waals surface area (Å²) in [4.78, 5) is 16.1. The number of nitrogens with one attached hydrogen (secondary N) is 2. The lowest BCUT2D eigenvalue weighted by molar-refractivity contribution is 0.102. The summed E-state index contributed by atoms with van der Waals surface area (Å²) in [6, 6.07) is 9.36. The number of nitrogens with zero attached hydrogens (tertiary/aromatic N) is 1. The van der Waals surface area contributed by atoms with Crippen molar-refractivity contribution in [3.63, 3.8) is 0 Å². The maximum atomic E-state index is 12.1. The van der Waals surface area contributed by atoms with Gasteiger partial charge in [0.1, 0.15) is 0 Å². The van der Waals surface area contributed by atoms with E-state index in [-0.39, 0.29) is 5.91 Å². The molecule has 2 aromatic rings. The number of pyridine rings is 1. The molecule has 96 valence electrons. The van der Waals surface area contributed by atoms with Gasteiger partial charge in [-0.05, 0) is 48.7 Å². The van der Waals surface area contributed by atoms with Crippen LogP contribution in [-0.4, -0.2) is 17.4 Å². The van der Waals surface area contributed by atoms with E-state index in [4.69, 9.17) is 0 Å². The van der Waals surface area contributed by atoms with E-state index in [2.05, 4.69) is 15.6 Å². The first-order valence-corrected chi connectivity index (χ1v) is 6.41. The van der Waals surface area contributed by atoms with Crippen LogP contribution in [-0.2, 0) is 6.42 Å². The van der Waals surface area contributed by atoms with Crippen LogP contribution in [0.15, 0.2) is 42.7 Å². The molecule has 0 radical (unpaired) electrons. The largest absolute Gasteiger partial charge is 0.385 e. The zero-order chi connectivity index (χ0) is 13.1. The van der Waals surface area contributed by atoms with Gasteiger partial charge in [-0.3, -0.25) is 9.78 Å². The maximum absolute atomic E-state index is 12.1. The number of aryl methyl sites for hydroxylation is 1. The van der Waals surface area contributed by atoms with Crippen LogP contribution in [0.1, 0.15) is 22.3 Å². The van der Waals surface area contributed by atoms with Crippen molar-refractivity contribution in [3.8, 4) is 0 Å². The van der Waals surface area contributed by atoms with E-state index in [1.165, 1.54) is 5.56 Å². The minimum absolute atomic E-state index is 0.0837. The normalized spacial score (nSPS) is 13.3. The van der Waals surface area contributed by atoms with Gasteiger partial charge in [0.15, 0.2) is 0 Å². The van der Waals surface area contributed by atoms with E-state index in [1.807, 2.05) is 18.2 Å². The summed E-state index contributed by atoms with van der Waals surface area (Å²) in [5, 5.41) is 6.20. The summed E-state index contributed by atoms with van der Waals surface area (Å²) in [5.41, 5.74) is 3.82. The number of rotatable bonds is 2. The molecule has 0 aliphatic carbocycles. The topological polar surface area (TPSA) is 54.0 Å². The number of carbonyl (C=O) groups is 1. The third-order valence-corrected chi connectivity index (χ3v) is 3.24. The Morgan fingerprint density at radius 2 is 2.05 bits per heavy atom. The molecular formula is C15H15N3O. The standard InChI is InChI=1S/C15H15N3O/c19-15(18-13-5-8-16-9-6-13)12-3-4-14-11(10-12)2-1-7-17-14/h3-6,8-10,17H,1-2,7H2,(H,16,18,19). The first kappa shape index (κ1) is 11.7. The Kier molecular flexibility index (Phi) is 3.14. The fourth-order valence-electron chi connectivity index (χ4n) is 2.25. The highest BCUT2D eigenvalue weighted by Gasteiger charge is 2.12. The van der Waals surface area contributed by atoms with Crippen LogP contribution >= 0.6 is 0 Å². The van der Waals surface area contributed by atoms with Crippen LogP contribution in [0.4, 0.5) is 11.4 Å². The second kappa shape index (κ2) is 5.10. The van der Waals surface area contributed by atoms with Gasteiger partial charge in [0.05, 0.1) is 0 Å². The van der Waals surface area contributed by atoms with E-state index in [0.29, 0.717) is 5.56 Å². The lowest BCUT2D eigenvalue weighted by Crippen LogP contribution is -2.15. The average molecular weight is 253 g/mol. The van der Waals surface area contributed by atoms with Gasteiger partial charge in [0, 0.05) is 35.9 Å². The Balaban J connectivity index is 1.80. The predicted octanol–water partition coefficient (Wildman–Crippen LogP) is 2.69. The van der Waals surface area contributed by atoms with Gasteiger partial charge >= 0.3 is 0 Å². The first-order valence-electron chi connectivity index (χ1n) is 6.41. The number of fused-ring (bicyclic) bond motifs is 1. The molecule has 1 aromatic carbocycles. The minimum atomic E-state index is -0.0837. The van der Waals surface area contributed by atoms with Gasteiger partial charge < -0.3 is 10.6 Å². The van der Waals surface area contributed by atoms with Crippen molar-refractivity contribution < 1.29 is 4.79 Å². The van der Waals surface area contributed by atoms with Crippen LogP contribution < -0.4 is 10.6 Å². The molecular weight excluding hydrogens is 238 g/mol. The van der Waals surface area contributed by atoms with Crippen molar-refractivity contribution in [2.75, 3.05) is 17.2 Å². The number of hydrogen-bond acceptors (Lipinski definition) is 3. The SMILES string of the molecule is O=C(Nc1ccncc1)c1ccc2c(c1)CCCN2. The molecule has 0 spiro atoms. The van der Waals surface area contributed by atoms with Crippen molar-refractivity contribution >= 4 is 17.3 Å². The number of hydrogen-bond donors (Lipinski definition) is 2. The number of anilines is 2. The van der Waals surface area contributed by atoms with Crippen LogP contribution in [0.25, 0.3) is 0 Å². The molecule has 0 saturated heterocycles. The third-order valence-electron chi connectivity index (χ3n) is 3.24. The summed E-state index contributed by atoms with van der Waals surface area (Å²) in [6.07, 6.45) is 5.46. The summed E-state index contributed by atoms with van der Waals surface area (Å²) >= 11 is 0. The molecule has 0 atom stereocenters. The van der Waals surface area contributed by atoms with Gasteiger partial charge in [-0.1, -0.05) is 0 Å². The Morgan fingerprint density at radius 3 is 2.89 bits per heavy atom. The highest BCUT2D eigenvalue weighted by Crippen LogP contribution is 2.23.